The summed E-state index contributed by atoms with van der Waals surface area (Å²) in [5, 5.41) is 0. The van der Waals surface area contributed by atoms with E-state index in [-0.39, 0.29) is 0 Å². The summed E-state index contributed by atoms with van der Waals surface area (Å²) in [7, 11) is 0. The number of hydrogen-bond acceptors (Lipinski definition) is 0. The van der Waals surface area contributed by atoms with E-state index in [0.717, 1.165) is 5.92 Å². The van der Waals surface area contributed by atoms with Crippen LogP contribution in [-0.4, -0.2) is 0 Å². The molecule has 1 atom stereocenters. The van der Waals surface area contributed by atoms with E-state index in [1.54, 1.807) is 11.1 Å². The Morgan fingerprint density at radius 2 is 1.65 bits per heavy atom. The highest BCUT2D eigenvalue weighted by atomic mass is 14.5. The van der Waals surface area contributed by atoms with Crippen LogP contribution < -0.4 is 0 Å². The van der Waals surface area contributed by atoms with Crippen LogP contribution in [0.5, 0.6) is 0 Å². The van der Waals surface area contributed by atoms with Gasteiger partial charge < -0.3 is 0 Å². The minimum absolute atomic E-state index is 0.586. The van der Waals surface area contributed by atoms with E-state index in [1.807, 2.05) is 0 Å². The van der Waals surface area contributed by atoms with Gasteiger partial charge in [0.2, 0.25) is 0 Å². The molecule has 0 heteroatoms. The SMILES string of the molecule is CC1=C2CC(CC1)C2(C)C.Cc1ccc(C(C)C)cc1. The molecule has 0 aromatic heterocycles. The molecular weight excluding hydrogens is 240 g/mol. The molecule has 3 aliphatic rings. The fourth-order valence-corrected chi connectivity index (χ4v) is 3.56. The van der Waals surface area contributed by atoms with Gasteiger partial charge in [0.25, 0.3) is 0 Å². The van der Waals surface area contributed by atoms with Gasteiger partial charge in [0.15, 0.2) is 0 Å². The van der Waals surface area contributed by atoms with Crippen LogP contribution in [0.1, 0.15) is 70.9 Å². The molecule has 1 fully saturated rings. The normalized spacial score (nSPS) is 23.1. The zero-order valence-corrected chi connectivity index (χ0v) is 14.1. The Balaban J connectivity index is 0.000000147. The molecule has 4 rings (SSSR count). The van der Waals surface area contributed by atoms with Crippen molar-refractivity contribution in [2.24, 2.45) is 11.3 Å². The van der Waals surface area contributed by atoms with E-state index < -0.39 is 0 Å². The van der Waals surface area contributed by atoms with Crippen molar-refractivity contribution in [1.29, 1.82) is 0 Å². The summed E-state index contributed by atoms with van der Waals surface area (Å²) in [6.45, 7) is 13.7. The molecular formula is C20H30. The van der Waals surface area contributed by atoms with Gasteiger partial charge in [-0.25, -0.2) is 0 Å². The molecule has 0 aliphatic heterocycles. The highest BCUT2D eigenvalue weighted by molar-refractivity contribution is 5.32. The molecule has 0 spiro atoms. The zero-order valence-electron chi connectivity index (χ0n) is 14.1. The lowest BCUT2D eigenvalue weighted by Gasteiger charge is -2.52. The first-order valence-electron chi connectivity index (χ1n) is 8.08. The summed E-state index contributed by atoms with van der Waals surface area (Å²) in [5.74, 6) is 1.67. The molecule has 0 heterocycles. The van der Waals surface area contributed by atoms with Crippen LogP contribution in [0.2, 0.25) is 0 Å². The number of aryl methyl sites for hydroxylation is 1. The second kappa shape index (κ2) is 5.76. The molecule has 1 aromatic rings. The van der Waals surface area contributed by atoms with Gasteiger partial charge in [-0.1, -0.05) is 68.7 Å². The molecule has 110 valence electrons. The number of benzene rings is 1. The second-order valence-corrected chi connectivity index (χ2v) is 7.49. The first kappa shape index (κ1) is 15.4. The number of fused-ring (bicyclic) bond motifs is 2. The fourth-order valence-electron chi connectivity index (χ4n) is 3.56. The van der Waals surface area contributed by atoms with Crippen molar-refractivity contribution in [3.63, 3.8) is 0 Å². The molecule has 1 saturated carbocycles. The van der Waals surface area contributed by atoms with Gasteiger partial charge in [-0.05, 0) is 55.9 Å². The van der Waals surface area contributed by atoms with Gasteiger partial charge in [-0.2, -0.15) is 0 Å². The molecule has 0 nitrogen and oxygen atoms in total. The van der Waals surface area contributed by atoms with Gasteiger partial charge in [-0.3, -0.25) is 0 Å². The van der Waals surface area contributed by atoms with Gasteiger partial charge in [0.1, 0.15) is 0 Å². The average Bonchev–Trinajstić information content (AvgIpc) is 2.39. The number of rotatable bonds is 1. The van der Waals surface area contributed by atoms with E-state index in [1.165, 1.54) is 30.4 Å². The maximum Gasteiger partial charge on any atom is -0.0111 e. The largest absolute Gasteiger partial charge is 0.0735 e. The Bertz CT molecular complexity index is 485. The average molecular weight is 270 g/mol. The van der Waals surface area contributed by atoms with Crippen LogP contribution in [0.4, 0.5) is 0 Å². The highest BCUT2D eigenvalue weighted by Crippen LogP contribution is 2.58. The van der Waals surface area contributed by atoms with Gasteiger partial charge >= 0.3 is 0 Å². The highest BCUT2D eigenvalue weighted by Gasteiger charge is 2.46. The van der Waals surface area contributed by atoms with Crippen LogP contribution in [0.25, 0.3) is 0 Å². The summed E-state index contributed by atoms with van der Waals surface area (Å²) in [6.07, 6.45) is 4.24. The van der Waals surface area contributed by atoms with Crippen molar-refractivity contribution in [1.82, 2.24) is 0 Å². The smallest absolute Gasteiger partial charge is 0.0111 e. The Kier molecular flexibility index (Phi) is 4.42. The fraction of sp³-hybridized carbons (Fsp3) is 0.600. The van der Waals surface area contributed by atoms with E-state index in [9.17, 15) is 0 Å². The maximum atomic E-state index is 2.40. The number of hydrogen-bond donors (Lipinski definition) is 0. The van der Waals surface area contributed by atoms with Crippen LogP contribution >= 0.6 is 0 Å². The molecule has 1 unspecified atom stereocenters. The van der Waals surface area contributed by atoms with Crippen molar-refractivity contribution < 1.29 is 0 Å². The summed E-state index contributed by atoms with van der Waals surface area (Å²) in [4.78, 5) is 0. The predicted octanol–water partition coefficient (Wildman–Crippen LogP) is 6.26. The molecule has 1 aromatic carbocycles. The third kappa shape index (κ3) is 3.00. The summed E-state index contributed by atoms with van der Waals surface area (Å²) >= 11 is 0. The van der Waals surface area contributed by atoms with Gasteiger partial charge in [-0.15, -0.1) is 0 Å². The Morgan fingerprint density at radius 1 is 1.05 bits per heavy atom. The predicted molar refractivity (Wildman–Crippen MR) is 89.1 cm³/mol. The summed E-state index contributed by atoms with van der Waals surface area (Å²) in [6, 6.07) is 8.71. The van der Waals surface area contributed by atoms with Crippen molar-refractivity contribution in [2.75, 3.05) is 0 Å². The standard InChI is InChI=1S/C10H16.C10H14/c1-7-4-5-8-6-9(7)10(8,2)3;1-8(2)10-6-4-9(3)5-7-10/h8H,4-6H2,1-3H3;4-8H,1-3H3. The molecule has 0 radical (unpaired) electrons. The van der Waals surface area contributed by atoms with Crippen molar-refractivity contribution in [3.8, 4) is 0 Å². The Labute approximate surface area is 125 Å². The third-order valence-corrected chi connectivity index (χ3v) is 5.38. The van der Waals surface area contributed by atoms with Gasteiger partial charge in [0, 0.05) is 0 Å². The third-order valence-electron chi connectivity index (χ3n) is 5.38. The van der Waals surface area contributed by atoms with Crippen LogP contribution in [0.15, 0.2) is 35.4 Å². The molecule has 0 amide bonds. The quantitative estimate of drug-likeness (QED) is 0.528. The molecule has 0 N–H and O–H groups in total. The van der Waals surface area contributed by atoms with Crippen LogP contribution in [0.3, 0.4) is 0 Å². The first-order valence-corrected chi connectivity index (χ1v) is 8.08. The van der Waals surface area contributed by atoms with Gasteiger partial charge in [0.05, 0.1) is 0 Å². The van der Waals surface area contributed by atoms with E-state index in [2.05, 4.69) is 65.8 Å². The number of allylic oxidation sites excluding steroid dienone is 2. The molecule has 0 saturated heterocycles. The van der Waals surface area contributed by atoms with E-state index >= 15 is 0 Å². The second-order valence-electron chi connectivity index (χ2n) is 7.49. The summed E-state index contributed by atoms with van der Waals surface area (Å²) < 4.78 is 0. The Morgan fingerprint density at radius 3 is 2.00 bits per heavy atom. The monoisotopic (exact) mass is 270 g/mol. The van der Waals surface area contributed by atoms with Crippen molar-refractivity contribution in [2.45, 2.75) is 66.7 Å². The first-order chi connectivity index (χ1) is 9.32. The zero-order chi connectivity index (χ0) is 14.9. The van der Waals surface area contributed by atoms with Crippen LogP contribution in [-0.2, 0) is 0 Å². The molecule has 3 aliphatic carbocycles. The van der Waals surface area contributed by atoms with Crippen LogP contribution in [0, 0.1) is 18.3 Å². The summed E-state index contributed by atoms with van der Waals surface area (Å²) in [5.41, 5.74) is 6.80. The lowest BCUT2D eigenvalue weighted by Crippen LogP contribution is -2.41. The minimum atomic E-state index is 0.586. The topological polar surface area (TPSA) is 0 Å². The lowest BCUT2D eigenvalue weighted by molar-refractivity contribution is 0.133. The van der Waals surface area contributed by atoms with Crippen molar-refractivity contribution in [3.05, 3.63) is 46.5 Å². The van der Waals surface area contributed by atoms with Crippen molar-refractivity contribution >= 4 is 0 Å². The molecule has 2 bridgehead atoms. The Hall–Kier alpha value is -1.04. The van der Waals surface area contributed by atoms with E-state index in [0.29, 0.717) is 11.3 Å². The molecule has 20 heavy (non-hydrogen) atoms. The minimum Gasteiger partial charge on any atom is -0.0735 e. The maximum absolute atomic E-state index is 2.40. The lowest BCUT2D eigenvalue weighted by atomic mass is 9.52. The van der Waals surface area contributed by atoms with E-state index in [4.69, 9.17) is 0 Å².